The molecule has 0 saturated carbocycles. The Bertz CT molecular complexity index is 1500. The van der Waals surface area contributed by atoms with Gasteiger partial charge < -0.3 is 25.4 Å². The highest BCUT2D eigenvalue weighted by molar-refractivity contribution is 7.80. The van der Waals surface area contributed by atoms with E-state index < -0.39 is 11.7 Å². The predicted molar refractivity (Wildman–Crippen MR) is 142 cm³/mol. The molecular formula is C24H21ClF3N7OS. The Labute approximate surface area is 219 Å². The van der Waals surface area contributed by atoms with Crippen molar-refractivity contribution in [3.8, 4) is 0 Å². The van der Waals surface area contributed by atoms with Gasteiger partial charge in [0.05, 0.1) is 16.0 Å². The number of carbonyl (C=O) groups is 1. The lowest BCUT2D eigenvalue weighted by Crippen LogP contribution is -2.50. The number of aromatic nitrogens is 3. The standard InChI is InChI=1S/C24H21ClF3N7OS/c1-13(36)31-14-2-4-15(5-3-14)32-23(37)35-8-6-34(7-9-35)22-20-16-10-18(25)17(24(26,27)28)11-19(16)33-21(20)29-12-30-22/h2-5,10-12H,6-9H2,1H3,(H,31,36)(H,32,37)(H,29,30,33). The minimum atomic E-state index is -4.56. The van der Waals surface area contributed by atoms with Crippen molar-refractivity contribution >= 4 is 74.0 Å². The second-order valence-electron chi connectivity index (χ2n) is 8.58. The fourth-order valence-corrected chi connectivity index (χ4v) is 4.92. The molecule has 5 rings (SSSR count). The number of nitrogens with one attached hydrogen (secondary N) is 3. The van der Waals surface area contributed by atoms with Gasteiger partial charge in [-0.05, 0) is 48.6 Å². The van der Waals surface area contributed by atoms with Crippen LogP contribution in [0, 0.1) is 0 Å². The first-order valence-electron chi connectivity index (χ1n) is 11.3. The number of benzene rings is 2. The van der Waals surface area contributed by atoms with Gasteiger partial charge in [0.2, 0.25) is 5.91 Å². The normalized spacial score (nSPS) is 14.3. The molecule has 0 bridgehead atoms. The monoisotopic (exact) mass is 547 g/mol. The van der Waals surface area contributed by atoms with Crippen LogP contribution < -0.4 is 15.5 Å². The lowest BCUT2D eigenvalue weighted by molar-refractivity contribution is -0.137. The highest BCUT2D eigenvalue weighted by atomic mass is 35.5. The van der Waals surface area contributed by atoms with Gasteiger partial charge in [-0.2, -0.15) is 13.2 Å². The molecule has 1 saturated heterocycles. The summed E-state index contributed by atoms with van der Waals surface area (Å²) in [5.74, 6) is 0.482. The fourth-order valence-electron chi connectivity index (χ4n) is 4.35. The Morgan fingerprint density at radius 1 is 1.05 bits per heavy atom. The first-order chi connectivity index (χ1) is 17.6. The summed E-state index contributed by atoms with van der Waals surface area (Å²) >= 11 is 11.6. The van der Waals surface area contributed by atoms with Gasteiger partial charge in [0.15, 0.2) is 5.11 Å². The molecule has 37 heavy (non-hydrogen) atoms. The summed E-state index contributed by atoms with van der Waals surface area (Å²) in [6.45, 7) is 3.86. The molecule has 4 aromatic rings. The molecule has 3 heterocycles. The average Bonchev–Trinajstić information content (AvgIpc) is 3.21. The lowest BCUT2D eigenvalue weighted by atomic mass is 10.1. The van der Waals surface area contributed by atoms with Gasteiger partial charge in [-0.3, -0.25) is 4.79 Å². The number of halogens is 4. The van der Waals surface area contributed by atoms with Gasteiger partial charge in [0.25, 0.3) is 0 Å². The molecule has 0 radical (unpaired) electrons. The maximum absolute atomic E-state index is 13.3. The number of H-pyrrole nitrogens is 1. The van der Waals surface area contributed by atoms with Crippen LogP contribution in [0.1, 0.15) is 12.5 Å². The van der Waals surface area contributed by atoms with E-state index in [0.29, 0.717) is 64.7 Å². The summed E-state index contributed by atoms with van der Waals surface area (Å²) in [6, 6.07) is 9.56. The Hall–Kier alpha value is -3.64. The van der Waals surface area contributed by atoms with Gasteiger partial charge >= 0.3 is 6.18 Å². The summed E-state index contributed by atoms with van der Waals surface area (Å²) in [7, 11) is 0. The minimum absolute atomic E-state index is 0.142. The van der Waals surface area contributed by atoms with Crippen molar-refractivity contribution in [3.63, 3.8) is 0 Å². The summed E-state index contributed by atoms with van der Waals surface area (Å²) in [5.41, 5.74) is 1.33. The molecule has 13 heteroatoms. The summed E-state index contributed by atoms with van der Waals surface area (Å²) in [4.78, 5) is 26.9. The molecule has 1 aliphatic heterocycles. The number of fused-ring (bicyclic) bond motifs is 3. The number of hydrogen-bond donors (Lipinski definition) is 3. The molecule has 192 valence electrons. The van der Waals surface area contributed by atoms with Gasteiger partial charge in [-0.25, -0.2) is 9.97 Å². The molecule has 0 atom stereocenters. The zero-order valence-corrected chi connectivity index (χ0v) is 21.1. The maximum atomic E-state index is 13.3. The van der Waals surface area contributed by atoms with Crippen LogP contribution in [-0.2, 0) is 11.0 Å². The molecule has 2 aromatic carbocycles. The smallest absolute Gasteiger partial charge is 0.352 e. The molecule has 0 spiro atoms. The Morgan fingerprint density at radius 3 is 2.32 bits per heavy atom. The number of aromatic amines is 1. The Kier molecular flexibility index (Phi) is 6.54. The number of nitrogens with zero attached hydrogens (tertiary/aromatic N) is 4. The van der Waals surface area contributed by atoms with E-state index in [4.69, 9.17) is 23.8 Å². The number of piperazine rings is 1. The number of amides is 1. The minimum Gasteiger partial charge on any atom is -0.352 e. The third kappa shape index (κ3) is 5.12. The van der Waals surface area contributed by atoms with Crippen LogP contribution in [-0.4, -0.2) is 57.1 Å². The van der Waals surface area contributed by atoms with E-state index in [1.54, 1.807) is 12.1 Å². The number of anilines is 3. The zero-order chi connectivity index (χ0) is 26.3. The molecule has 8 nitrogen and oxygen atoms in total. The van der Waals surface area contributed by atoms with E-state index in [0.717, 1.165) is 11.8 Å². The first kappa shape index (κ1) is 25.0. The molecule has 3 N–H and O–H groups in total. The van der Waals surface area contributed by atoms with Crippen LogP contribution in [0.2, 0.25) is 5.02 Å². The first-order valence-corrected chi connectivity index (χ1v) is 12.1. The van der Waals surface area contributed by atoms with Gasteiger partial charge in [-0.1, -0.05) is 11.6 Å². The zero-order valence-electron chi connectivity index (χ0n) is 19.5. The molecule has 1 fully saturated rings. The predicted octanol–water partition coefficient (Wildman–Crippen LogP) is 5.26. The lowest BCUT2D eigenvalue weighted by Gasteiger charge is -2.37. The van der Waals surface area contributed by atoms with Crippen molar-refractivity contribution in [3.05, 3.63) is 53.3 Å². The summed E-state index contributed by atoms with van der Waals surface area (Å²) in [6.07, 6.45) is -3.17. The van der Waals surface area contributed by atoms with E-state index >= 15 is 0 Å². The van der Waals surface area contributed by atoms with Crippen LogP contribution in [0.25, 0.3) is 21.9 Å². The van der Waals surface area contributed by atoms with Crippen LogP contribution in [0.15, 0.2) is 42.7 Å². The SMILES string of the molecule is CC(=O)Nc1ccc(NC(=S)N2CCN(c3ncnc4[nH]c5cc(C(F)(F)F)c(Cl)cc5c34)CC2)cc1. The van der Waals surface area contributed by atoms with E-state index in [2.05, 4.69) is 30.5 Å². The number of hydrogen-bond acceptors (Lipinski definition) is 5. The highest BCUT2D eigenvalue weighted by Gasteiger charge is 2.34. The van der Waals surface area contributed by atoms with Gasteiger partial charge in [0.1, 0.15) is 17.8 Å². The number of carbonyl (C=O) groups excluding carboxylic acids is 1. The van der Waals surface area contributed by atoms with Gasteiger partial charge in [0, 0.05) is 55.4 Å². The van der Waals surface area contributed by atoms with Crippen LogP contribution in [0.3, 0.4) is 0 Å². The highest BCUT2D eigenvalue weighted by Crippen LogP contribution is 2.40. The van der Waals surface area contributed by atoms with Crippen LogP contribution in [0.5, 0.6) is 0 Å². The average molecular weight is 548 g/mol. The van der Waals surface area contributed by atoms with E-state index in [-0.39, 0.29) is 10.9 Å². The maximum Gasteiger partial charge on any atom is 0.417 e. The largest absolute Gasteiger partial charge is 0.417 e. The molecule has 1 amide bonds. The molecule has 2 aromatic heterocycles. The molecule has 1 aliphatic rings. The Balaban J connectivity index is 1.32. The van der Waals surface area contributed by atoms with Gasteiger partial charge in [-0.15, -0.1) is 0 Å². The van der Waals surface area contributed by atoms with E-state index in [1.807, 2.05) is 17.0 Å². The van der Waals surface area contributed by atoms with Crippen molar-refractivity contribution in [2.24, 2.45) is 0 Å². The molecular weight excluding hydrogens is 527 g/mol. The third-order valence-corrected chi connectivity index (χ3v) is 6.76. The number of alkyl halides is 3. The second kappa shape index (κ2) is 9.67. The third-order valence-electron chi connectivity index (χ3n) is 6.09. The molecule has 0 unspecified atom stereocenters. The Morgan fingerprint density at radius 2 is 1.70 bits per heavy atom. The van der Waals surface area contributed by atoms with Crippen molar-refractivity contribution in [1.29, 1.82) is 0 Å². The topological polar surface area (TPSA) is 89.2 Å². The van der Waals surface area contributed by atoms with Crippen molar-refractivity contribution in [2.75, 3.05) is 41.7 Å². The fraction of sp³-hybridized carbons (Fsp3) is 0.250. The number of rotatable bonds is 3. The molecule has 0 aliphatic carbocycles. The summed E-state index contributed by atoms with van der Waals surface area (Å²) < 4.78 is 40.0. The number of thiocarbonyl (C=S) groups is 1. The second-order valence-corrected chi connectivity index (χ2v) is 9.38. The van der Waals surface area contributed by atoms with Crippen molar-refractivity contribution in [1.82, 2.24) is 19.9 Å². The summed E-state index contributed by atoms with van der Waals surface area (Å²) in [5, 5.41) is 7.28. The quantitative estimate of drug-likeness (QED) is 0.301. The van der Waals surface area contributed by atoms with Crippen LogP contribution in [0.4, 0.5) is 30.4 Å². The van der Waals surface area contributed by atoms with Crippen molar-refractivity contribution < 1.29 is 18.0 Å². The van der Waals surface area contributed by atoms with E-state index in [1.165, 1.54) is 19.3 Å². The van der Waals surface area contributed by atoms with Crippen molar-refractivity contribution in [2.45, 2.75) is 13.1 Å². The van der Waals surface area contributed by atoms with Crippen LogP contribution >= 0.6 is 23.8 Å². The van der Waals surface area contributed by atoms with E-state index in [9.17, 15) is 18.0 Å².